The van der Waals surface area contributed by atoms with Gasteiger partial charge in [0.2, 0.25) is 0 Å². The molecular formula is C12H10Cl2O4. The van der Waals surface area contributed by atoms with E-state index in [4.69, 9.17) is 23.2 Å². The Morgan fingerprint density at radius 1 is 1.33 bits per heavy atom. The highest BCUT2D eigenvalue weighted by Crippen LogP contribution is 2.25. The van der Waals surface area contributed by atoms with Crippen molar-refractivity contribution in [1.29, 1.82) is 0 Å². The number of carbonyl (C=O) groups is 2. The molecule has 0 unspecified atom stereocenters. The lowest BCUT2D eigenvalue weighted by molar-refractivity contribution is -0.151. The summed E-state index contributed by atoms with van der Waals surface area (Å²) in [5.74, 6) is -2.35. The number of esters is 1. The van der Waals surface area contributed by atoms with Crippen LogP contribution < -0.4 is 0 Å². The minimum absolute atomic E-state index is 0.0892. The van der Waals surface area contributed by atoms with Crippen molar-refractivity contribution in [3.63, 3.8) is 0 Å². The fraction of sp³-hybridized carbons (Fsp3) is 0.167. The van der Waals surface area contributed by atoms with Gasteiger partial charge in [-0.25, -0.2) is 4.79 Å². The monoisotopic (exact) mass is 288 g/mol. The van der Waals surface area contributed by atoms with Crippen molar-refractivity contribution in [2.75, 3.05) is 6.61 Å². The summed E-state index contributed by atoms with van der Waals surface area (Å²) < 4.78 is 4.49. The van der Waals surface area contributed by atoms with Gasteiger partial charge >= 0.3 is 5.97 Å². The number of carbonyl (C=O) groups excluding carboxylic acids is 2. The summed E-state index contributed by atoms with van der Waals surface area (Å²) in [7, 11) is 0. The van der Waals surface area contributed by atoms with E-state index in [0.717, 1.165) is 6.08 Å². The van der Waals surface area contributed by atoms with Gasteiger partial charge in [-0.2, -0.15) is 0 Å². The SMILES string of the molecule is CCOC(=O)C(=O)C=C(O)c1ccc(Cl)c(Cl)c1. The molecule has 0 radical (unpaired) electrons. The van der Waals surface area contributed by atoms with Gasteiger partial charge in [-0.15, -0.1) is 0 Å². The van der Waals surface area contributed by atoms with Crippen LogP contribution in [-0.2, 0) is 14.3 Å². The van der Waals surface area contributed by atoms with Crippen LogP contribution in [0.5, 0.6) is 0 Å². The first kappa shape index (κ1) is 14.5. The number of halogens is 2. The molecule has 4 nitrogen and oxygen atoms in total. The lowest BCUT2D eigenvalue weighted by atomic mass is 10.1. The van der Waals surface area contributed by atoms with Gasteiger partial charge in [0.15, 0.2) is 0 Å². The third-order valence-corrected chi connectivity index (χ3v) is 2.70. The molecule has 0 bridgehead atoms. The number of rotatable bonds is 4. The van der Waals surface area contributed by atoms with Crippen LogP contribution >= 0.6 is 23.2 Å². The van der Waals surface area contributed by atoms with Crippen molar-refractivity contribution < 1.29 is 19.4 Å². The molecule has 0 fully saturated rings. The zero-order chi connectivity index (χ0) is 13.7. The third-order valence-electron chi connectivity index (χ3n) is 1.96. The number of benzene rings is 1. The normalized spacial score (nSPS) is 11.2. The van der Waals surface area contributed by atoms with Crippen LogP contribution in [-0.4, -0.2) is 23.5 Å². The van der Waals surface area contributed by atoms with Crippen LogP contribution in [0.4, 0.5) is 0 Å². The fourth-order valence-electron chi connectivity index (χ4n) is 1.12. The lowest BCUT2D eigenvalue weighted by Crippen LogP contribution is -2.15. The molecule has 0 heterocycles. The van der Waals surface area contributed by atoms with Crippen LogP contribution in [0, 0.1) is 0 Å². The average Bonchev–Trinajstić information content (AvgIpc) is 2.32. The number of ether oxygens (including phenoxy) is 1. The summed E-state index contributed by atoms with van der Waals surface area (Å²) >= 11 is 11.5. The Labute approximate surface area is 114 Å². The number of hydrogen-bond acceptors (Lipinski definition) is 4. The van der Waals surface area contributed by atoms with Crippen molar-refractivity contribution in [3.05, 3.63) is 39.9 Å². The number of aliphatic hydroxyl groups is 1. The van der Waals surface area contributed by atoms with E-state index < -0.39 is 11.8 Å². The summed E-state index contributed by atoms with van der Waals surface area (Å²) in [6.45, 7) is 1.67. The van der Waals surface area contributed by atoms with Gasteiger partial charge in [-0.3, -0.25) is 4.79 Å². The smallest absolute Gasteiger partial charge is 0.379 e. The summed E-state index contributed by atoms with van der Waals surface area (Å²) in [5.41, 5.74) is 0.280. The number of hydrogen-bond donors (Lipinski definition) is 1. The van der Waals surface area contributed by atoms with Gasteiger partial charge in [0.1, 0.15) is 5.76 Å². The van der Waals surface area contributed by atoms with Crippen LogP contribution in [0.2, 0.25) is 10.0 Å². The second-order valence-corrected chi connectivity index (χ2v) is 4.06. The average molecular weight is 289 g/mol. The molecule has 0 aliphatic rings. The van der Waals surface area contributed by atoms with Gasteiger partial charge in [-0.1, -0.05) is 23.2 Å². The standard InChI is InChI=1S/C12H10Cl2O4/c1-2-18-12(17)11(16)6-10(15)7-3-4-8(13)9(14)5-7/h3-6,15H,2H2,1H3. The summed E-state index contributed by atoms with van der Waals surface area (Å²) in [6.07, 6.45) is 0.775. The van der Waals surface area contributed by atoms with E-state index in [1.807, 2.05) is 0 Å². The number of aliphatic hydroxyl groups excluding tert-OH is 1. The van der Waals surface area contributed by atoms with Gasteiger partial charge in [-0.05, 0) is 25.1 Å². The highest BCUT2D eigenvalue weighted by Gasteiger charge is 2.14. The molecule has 0 amide bonds. The first-order chi connectivity index (χ1) is 8.45. The molecule has 96 valence electrons. The zero-order valence-electron chi connectivity index (χ0n) is 9.44. The highest BCUT2D eigenvalue weighted by atomic mass is 35.5. The van der Waals surface area contributed by atoms with Crippen LogP contribution in [0.3, 0.4) is 0 Å². The molecule has 1 rings (SSSR count). The first-order valence-electron chi connectivity index (χ1n) is 5.03. The summed E-state index contributed by atoms with van der Waals surface area (Å²) in [6, 6.07) is 4.32. The topological polar surface area (TPSA) is 63.6 Å². The number of ketones is 1. The lowest BCUT2D eigenvalue weighted by Gasteiger charge is -2.02. The molecule has 1 N–H and O–H groups in total. The molecule has 0 aromatic heterocycles. The maximum atomic E-state index is 11.3. The van der Waals surface area contributed by atoms with Gasteiger partial charge in [0, 0.05) is 11.6 Å². The Bertz CT molecular complexity index is 509. The molecule has 1 aromatic rings. The predicted molar refractivity (Wildman–Crippen MR) is 68.7 cm³/mol. The second kappa shape index (κ2) is 6.42. The second-order valence-electron chi connectivity index (χ2n) is 3.24. The molecule has 0 saturated carbocycles. The van der Waals surface area contributed by atoms with E-state index in [0.29, 0.717) is 5.02 Å². The fourth-order valence-corrected chi connectivity index (χ4v) is 1.42. The minimum Gasteiger partial charge on any atom is -0.507 e. The minimum atomic E-state index is -1.02. The maximum Gasteiger partial charge on any atom is 0.379 e. The Kier molecular flexibility index (Phi) is 5.19. The van der Waals surface area contributed by atoms with E-state index in [-0.39, 0.29) is 23.0 Å². The molecular weight excluding hydrogens is 279 g/mol. The van der Waals surface area contributed by atoms with E-state index in [2.05, 4.69) is 4.74 Å². The third kappa shape index (κ3) is 3.75. The molecule has 0 aliphatic heterocycles. The van der Waals surface area contributed by atoms with Crippen molar-refractivity contribution in [3.8, 4) is 0 Å². The van der Waals surface area contributed by atoms with Crippen LogP contribution in [0.15, 0.2) is 24.3 Å². The molecule has 1 aromatic carbocycles. The first-order valence-corrected chi connectivity index (χ1v) is 5.78. The quantitative estimate of drug-likeness (QED) is 0.400. The molecule has 18 heavy (non-hydrogen) atoms. The summed E-state index contributed by atoms with van der Waals surface area (Å²) in [5, 5.41) is 10.2. The predicted octanol–water partition coefficient (Wildman–Crippen LogP) is 3.02. The Balaban J connectivity index is 2.92. The maximum absolute atomic E-state index is 11.3. The van der Waals surface area contributed by atoms with E-state index in [1.54, 1.807) is 6.92 Å². The van der Waals surface area contributed by atoms with E-state index >= 15 is 0 Å². The van der Waals surface area contributed by atoms with Crippen molar-refractivity contribution in [2.45, 2.75) is 6.92 Å². The summed E-state index contributed by atoms with van der Waals surface area (Å²) in [4.78, 5) is 22.4. The van der Waals surface area contributed by atoms with Crippen molar-refractivity contribution in [1.82, 2.24) is 0 Å². The van der Waals surface area contributed by atoms with Gasteiger partial charge < -0.3 is 9.84 Å². The largest absolute Gasteiger partial charge is 0.507 e. The molecule has 6 heteroatoms. The van der Waals surface area contributed by atoms with Gasteiger partial charge in [0.25, 0.3) is 5.78 Å². The Hall–Kier alpha value is -1.52. The highest BCUT2D eigenvalue weighted by molar-refractivity contribution is 6.42. The Morgan fingerprint density at radius 2 is 2.00 bits per heavy atom. The molecule has 0 aliphatic carbocycles. The van der Waals surface area contributed by atoms with Crippen LogP contribution in [0.1, 0.15) is 12.5 Å². The molecule has 0 atom stereocenters. The van der Waals surface area contributed by atoms with Crippen molar-refractivity contribution in [2.24, 2.45) is 0 Å². The van der Waals surface area contributed by atoms with E-state index in [1.165, 1.54) is 18.2 Å². The van der Waals surface area contributed by atoms with Gasteiger partial charge in [0.05, 0.1) is 16.7 Å². The van der Waals surface area contributed by atoms with Crippen LogP contribution in [0.25, 0.3) is 5.76 Å². The molecule has 0 saturated heterocycles. The van der Waals surface area contributed by atoms with Crippen molar-refractivity contribution >= 4 is 40.7 Å². The molecule has 0 spiro atoms. The Morgan fingerprint density at radius 3 is 2.56 bits per heavy atom. The van der Waals surface area contributed by atoms with E-state index in [9.17, 15) is 14.7 Å². The zero-order valence-corrected chi connectivity index (χ0v) is 11.0.